The van der Waals surface area contributed by atoms with Crippen LogP contribution in [0.4, 0.5) is 0 Å². The van der Waals surface area contributed by atoms with Crippen LogP contribution in [0.1, 0.15) is 67.2 Å². The maximum atomic E-state index is 13.4. The quantitative estimate of drug-likeness (QED) is 0.627. The molecule has 0 aromatic carbocycles. The van der Waals surface area contributed by atoms with Crippen LogP contribution in [-0.4, -0.2) is 34.5 Å². The van der Waals surface area contributed by atoms with E-state index in [1.54, 1.807) is 13.8 Å². The standard InChI is InChI=1S/C21H32O4/c1-12(2)7-8-13-10-21-11-16(20(5,6)24)25-15(21)9-14(22)17(18(21)23)19(13,3)4/h7,13,15-17,24H,8-11H2,1-6H3/t13-,15-,16+,17-,21-/m0/s1. The van der Waals surface area contributed by atoms with Gasteiger partial charge in [0, 0.05) is 6.42 Å². The van der Waals surface area contributed by atoms with Gasteiger partial charge in [0.05, 0.1) is 29.1 Å². The average Bonchev–Trinajstić information content (AvgIpc) is 2.81. The predicted octanol–water partition coefficient (Wildman–Crippen LogP) is 3.46. The molecule has 3 fully saturated rings. The van der Waals surface area contributed by atoms with Gasteiger partial charge in [-0.25, -0.2) is 0 Å². The normalized spacial score (nSPS) is 40.0. The Morgan fingerprint density at radius 3 is 2.48 bits per heavy atom. The van der Waals surface area contributed by atoms with Gasteiger partial charge < -0.3 is 9.84 Å². The van der Waals surface area contributed by atoms with E-state index >= 15 is 0 Å². The predicted molar refractivity (Wildman–Crippen MR) is 96.1 cm³/mol. The molecule has 140 valence electrons. The van der Waals surface area contributed by atoms with Gasteiger partial charge in [-0.1, -0.05) is 25.5 Å². The summed E-state index contributed by atoms with van der Waals surface area (Å²) in [6.07, 6.45) is 3.94. The molecule has 0 aromatic heterocycles. The molecule has 2 aliphatic carbocycles. The Bertz CT molecular complexity index is 620. The largest absolute Gasteiger partial charge is 0.388 e. The summed E-state index contributed by atoms with van der Waals surface area (Å²) in [6, 6.07) is 0. The number of fused-ring (bicyclic) bond motifs is 1. The van der Waals surface area contributed by atoms with E-state index in [1.165, 1.54) is 5.57 Å². The summed E-state index contributed by atoms with van der Waals surface area (Å²) in [7, 11) is 0. The maximum Gasteiger partial charge on any atom is 0.152 e. The van der Waals surface area contributed by atoms with Crippen LogP contribution >= 0.6 is 0 Å². The Morgan fingerprint density at radius 1 is 1.28 bits per heavy atom. The second-order valence-electron chi connectivity index (χ2n) is 9.83. The van der Waals surface area contributed by atoms with Gasteiger partial charge in [0.2, 0.25) is 0 Å². The van der Waals surface area contributed by atoms with E-state index in [4.69, 9.17) is 4.74 Å². The molecule has 1 aliphatic heterocycles. The van der Waals surface area contributed by atoms with Gasteiger partial charge in [-0.3, -0.25) is 9.59 Å². The third kappa shape index (κ3) is 2.82. The molecule has 0 amide bonds. The molecule has 2 saturated carbocycles. The first-order valence-electron chi connectivity index (χ1n) is 9.48. The number of carbonyl (C=O) groups is 2. The molecule has 5 atom stereocenters. The van der Waals surface area contributed by atoms with Crippen molar-refractivity contribution in [3.05, 3.63) is 11.6 Å². The summed E-state index contributed by atoms with van der Waals surface area (Å²) in [5.74, 6) is -0.175. The van der Waals surface area contributed by atoms with Gasteiger partial charge in [0.25, 0.3) is 0 Å². The molecule has 1 N–H and O–H groups in total. The van der Waals surface area contributed by atoms with Gasteiger partial charge in [0.1, 0.15) is 5.78 Å². The summed E-state index contributed by atoms with van der Waals surface area (Å²) in [4.78, 5) is 26.2. The second kappa shape index (κ2) is 5.75. The maximum absolute atomic E-state index is 13.4. The number of aliphatic hydroxyl groups is 1. The molecule has 0 radical (unpaired) electrons. The van der Waals surface area contributed by atoms with Crippen molar-refractivity contribution >= 4 is 11.6 Å². The van der Waals surface area contributed by atoms with Crippen LogP contribution in [0.25, 0.3) is 0 Å². The van der Waals surface area contributed by atoms with Crippen LogP contribution in [0.15, 0.2) is 11.6 Å². The van der Waals surface area contributed by atoms with Crippen molar-refractivity contribution < 1.29 is 19.4 Å². The first-order valence-corrected chi connectivity index (χ1v) is 9.48. The van der Waals surface area contributed by atoms with Crippen molar-refractivity contribution in [3.63, 3.8) is 0 Å². The number of Topliss-reactive ketones (excluding diaryl/α,β-unsaturated/α-hetero) is 2. The number of hydrogen-bond donors (Lipinski definition) is 1. The van der Waals surface area contributed by atoms with Gasteiger partial charge >= 0.3 is 0 Å². The van der Waals surface area contributed by atoms with Crippen molar-refractivity contribution in [3.8, 4) is 0 Å². The number of ketones is 2. The smallest absolute Gasteiger partial charge is 0.152 e. The van der Waals surface area contributed by atoms with Gasteiger partial charge in [-0.05, 0) is 58.3 Å². The van der Waals surface area contributed by atoms with Crippen LogP contribution in [0.3, 0.4) is 0 Å². The van der Waals surface area contributed by atoms with Crippen molar-refractivity contribution in [2.24, 2.45) is 22.7 Å². The minimum atomic E-state index is -1.01. The SMILES string of the molecule is CC(C)=CC[C@H]1C[C@]23C[C@H](C(C)(C)O)O[C@H]2CC(=O)[C@@H](C3=O)C1(C)C. The molecule has 2 bridgehead atoms. The first kappa shape index (κ1) is 18.8. The molecular formula is C21H32O4. The molecular weight excluding hydrogens is 316 g/mol. The fourth-order valence-electron chi connectivity index (χ4n) is 5.26. The Balaban J connectivity index is 2.01. The monoisotopic (exact) mass is 348 g/mol. The topological polar surface area (TPSA) is 63.6 Å². The molecule has 0 aromatic rings. The molecule has 3 rings (SSSR count). The zero-order valence-corrected chi connectivity index (χ0v) is 16.4. The number of carbonyl (C=O) groups excluding carboxylic acids is 2. The van der Waals surface area contributed by atoms with E-state index < -0.39 is 23.0 Å². The Kier molecular flexibility index (Phi) is 4.32. The Morgan fingerprint density at radius 2 is 1.92 bits per heavy atom. The molecule has 4 heteroatoms. The molecule has 0 unspecified atom stereocenters. The highest BCUT2D eigenvalue weighted by molar-refractivity contribution is 6.09. The minimum absolute atomic E-state index is 0.0221. The third-order valence-corrected chi connectivity index (χ3v) is 6.96. The van der Waals surface area contributed by atoms with E-state index in [9.17, 15) is 14.7 Å². The number of ether oxygens (including phenoxy) is 1. The summed E-state index contributed by atoms with van der Waals surface area (Å²) < 4.78 is 6.08. The van der Waals surface area contributed by atoms with Gasteiger partial charge in [0.15, 0.2) is 5.78 Å². The second-order valence-corrected chi connectivity index (χ2v) is 9.83. The van der Waals surface area contributed by atoms with E-state index in [-0.39, 0.29) is 29.0 Å². The summed E-state index contributed by atoms with van der Waals surface area (Å²) in [5.41, 5.74) is -0.676. The van der Waals surface area contributed by atoms with E-state index in [2.05, 4.69) is 33.8 Å². The van der Waals surface area contributed by atoms with Crippen molar-refractivity contribution in [1.82, 2.24) is 0 Å². The van der Waals surface area contributed by atoms with Crippen LogP contribution in [0, 0.1) is 22.7 Å². The van der Waals surface area contributed by atoms with Crippen LogP contribution in [0.2, 0.25) is 0 Å². The van der Waals surface area contributed by atoms with E-state index in [0.29, 0.717) is 12.8 Å². The van der Waals surface area contributed by atoms with Gasteiger partial charge in [-0.2, -0.15) is 0 Å². The highest BCUT2D eigenvalue weighted by Gasteiger charge is 2.68. The molecule has 1 spiro atoms. The van der Waals surface area contributed by atoms with Crippen LogP contribution in [0.5, 0.6) is 0 Å². The number of hydrogen-bond acceptors (Lipinski definition) is 4. The molecule has 25 heavy (non-hydrogen) atoms. The zero-order valence-electron chi connectivity index (χ0n) is 16.4. The number of rotatable bonds is 3. The summed E-state index contributed by atoms with van der Waals surface area (Å²) in [5, 5.41) is 10.4. The third-order valence-electron chi connectivity index (χ3n) is 6.96. The summed E-state index contributed by atoms with van der Waals surface area (Å²) in [6.45, 7) is 11.8. The zero-order chi connectivity index (χ0) is 18.8. The Labute approximate surface area is 151 Å². The average molecular weight is 348 g/mol. The lowest BCUT2D eigenvalue weighted by Gasteiger charge is -2.54. The van der Waals surface area contributed by atoms with Gasteiger partial charge in [-0.15, -0.1) is 0 Å². The lowest BCUT2D eigenvalue weighted by molar-refractivity contribution is -0.170. The number of allylic oxidation sites excluding steroid dienone is 2. The molecule has 1 saturated heterocycles. The van der Waals surface area contributed by atoms with Crippen molar-refractivity contribution in [1.29, 1.82) is 0 Å². The van der Waals surface area contributed by atoms with E-state index in [1.807, 2.05) is 0 Å². The summed E-state index contributed by atoms with van der Waals surface area (Å²) >= 11 is 0. The van der Waals surface area contributed by atoms with Crippen molar-refractivity contribution in [2.45, 2.75) is 85.0 Å². The van der Waals surface area contributed by atoms with Crippen LogP contribution in [-0.2, 0) is 14.3 Å². The lowest BCUT2D eigenvalue weighted by Crippen LogP contribution is -2.61. The highest BCUT2D eigenvalue weighted by atomic mass is 16.5. The molecule has 3 aliphatic rings. The van der Waals surface area contributed by atoms with Crippen LogP contribution < -0.4 is 0 Å². The molecule has 4 nitrogen and oxygen atoms in total. The fourth-order valence-corrected chi connectivity index (χ4v) is 5.26. The van der Waals surface area contributed by atoms with E-state index in [0.717, 1.165) is 12.8 Å². The van der Waals surface area contributed by atoms with Crippen molar-refractivity contribution in [2.75, 3.05) is 0 Å². The highest BCUT2D eigenvalue weighted by Crippen LogP contribution is 2.61. The first-order chi connectivity index (χ1) is 11.4. The Hall–Kier alpha value is -1.00. The fraction of sp³-hybridized carbons (Fsp3) is 0.810. The lowest BCUT2D eigenvalue weighted by atomic mass is 9.47. The minimum Gasteiger partial charge on any atom is -0.388 e. The molecule has 1 heterocycles.